The number of benzene rings is 2. The Morgan fingerprint density at radius 3 is 2.33 bits per heavy atom. The van der Waals surface area contributed by atoms with Crippen LogP contribution < -0.4 is 5.32 Å². The van der Waals surface area contributed by atoms with E-state index in [9.17, 15) is 9.18 Å². The average Bonchev–Trinajstić information content (AvgIpc) is 2.27. The Kier molecular flexibility index (Phi) is 3.42. The van der Waals surface area contributed by atoms with Crippen molar-refractivity contribution in [2.45, 2.75) is 13.8 Å². The lowest BCUT2D eigenvalue weighted by Crippen LogP contribution is -2.12. The molecule has 18 heavy (non-hydrogen) atoms. The number of anilines is 1. The molecule has 92 valence electrons. The van der Waals surface area contributed by atoms with Crippen molar-refractivity contribution in [1.29, 1.82) is 0 Å². The summed E-state index contributed by atoms with van der Waals surface area (Å²) in [4.78, 5) is 12.0. The topological polar surface area (TPSA) is 29.1 Å². The highest BCUT2D eigenvalue weighted by Gasteiger charge is 2.07. The lowest BCUT2D eigenvalue weighted by atomic mass is 10.1. The summed E-state index contributed by atoms with van der Waals surface area (Å²) < 4.78 is 13.0. The fraction of sp³-hybridized carbons (Fsp3) is 0.133. The molecule has 1 amide bonds. The Bertz CT molecular complexity index is 573. The fourth-order valence-corrected chi connectivity index (χ4v) is 1.88. The first kappa shape index (κ1) is 12.3. The molecule has 0 aromatic heterocycles. The molecule has 0 heterocycles. The molecule has 3 heteroatoms. The van der Waals surface area contributed by atoms with E-state index in [2.05, 4.69) is 5.32 Å². The summed E-state index contributed by atoms with van der Waals surface area (Å²) >= 11 is 0. The minimum Gasteiger partial charge on any atom is -0.322 e. The maximum absolute atomic E-state index is 13.0. The minimum atomic E-state index is -0.367. The third kappa shape index (κ3) is 2.94. The molecule has 0 atom stereocenters. The Morgan fingerprint density at radius 2 is 1.72 bits per heavy atom. The van der Waals surface area contributed by atoms with Crippen molar-refractivity contribution in [3.63, 3.8) is 0 Å². The Hall–Kier alpha value is -2.16. The van der Waals surface area contributed by atoms with Crippen molar-refractivity contribution < 1.29 is 9.18 Å². The van der Waals surface area contributed by atoms with Gasteiger partial charge in [0.05, 0.1) is 0 Å². The number of aryl methyl sites for hydroxylation is 2. The number of nitrogens with one attached hydrogen (secondary N) is 1. The quantitative estimate of drug-likeness (QED) is 0.856. The van der Waals surface area contributed by atoms with Gasteiger partial charge in [-0.25, -0.2) is 4.39 Å². The summed E-state index contributed by atoms with van der Waals surface area (Å²) in [6.07, 6.45) is 0. The molecule has 1 N–H and O–H groups in total. The molecule has 2 aromatic rings. The van der Waals surface area contributed by atoms with E-state index in [0.717, 1.165) is 11.1 Å². The molecule has 0 unspecified atom stereocenters. The van der Waals surface area contributed by atoms with Gasteiger partial charge in [0.25, 0.3) is 5.91 Å². The summed E-state index contributed by atoms with van der Waals surface area (Å²) in [7, 11) is 0. The molecule has 0 fully saturated rings. The van der Waals surface area contributed by atoms with Gasteiger partial charge in [0, 0.05) is 11.3 Å². The zero-order valence-electron chi connectivity index (χ0n) is 10.3. The molecule has 0 radical (unpaired) electrons. The van der Waals surface area contributed by atoms with Crippen molar-refractivity contribution in [2.24, 2.45) is 0 Å². The third-order valence-electron chi connectivity index (χ3n) is 2.57. The number of rotatable bonds is 2. The molecular formula is C15H14FNO. The monoisotopic (exact) mass is 243 g/mol. The lowest BCUT2D eigenvalue weighted by Gasteiger charge is -2.07. The number of carbonyl (C=O) groups is 1. The summed E-state index contributed by atoms with van der Waals surface area (Å²) in [5.74, 6) is -0.597. The highest BCUT2D eigenvalue weighted by atomic mass is 19.1. The Morgan fingerprint density at radius 1 is 1.06 bits per heavy atom. The van der Waals surface area contributed by atoms with Gasteiger partial charge < -0.3 is 5.32 Å². The van der Waals surface area contributed by atoms with Crippen LogP contribution in [0.2, 0.25) is 0 Å². The van der Waals surface area contributed by atoms with Crippen LogP contribution in [0.4, 0.5) is 10.1 Å². The largest absolute Gasteiger partial charge is 0.322 e. The van der Waals surface area contributed by atoms with E-state index >= 15 is 0 Å². The molecular weight excluding hydrogens is 229 g/mol. The zero-order valence-corrected chi connectivity index (χ0v) is 10.3. The van der Waals surface area contributed by atoms with Crippen molar-refractivity contribution in [3.05, 3.63) is 65.0 Å². The molecule has 0 spiro atoms. The highest BCUT2D eigenvalue weighted by Crippen LogP contribution is 2.13. The van der Waals surface area contributed by atoms with Gasteiger partial charge in [-0.2, -0.15) is 0 Å². The molecule has 0 saturated carbocycles. The molecule has 0 aliphatic carbocycles. The predicted octanol–water partition coefficient (Wildman–Crippen LogP) is 3.69. The van der Waals surface area contributed by atoms with Gasteiger partial charge in [0.15, 0.2) is 0 Å². The maximum atomic E-state index is 13.0. The first-order valence-electron chi connectivity index (χ1n) is 5.70. The van der Waals surface area contributed by atoms with Crippen molar-refractivity contribution in [3.8, 4) is 0 Å². The molecule has 2 nitrogen and oxygen atoms in total. The average molecular weight is 243 g/mol. The van der Waals surface area contributed by atoms with E-state index in [1.54, 1.807) is 12.1 Å². The third-order valence-corrected chi connectivity index (χ3v) is 2.57. The van der Waals surface area contributed by atoms with Gasteiger partial charge in [-0.3, -0.25) is 4.79 Å². The normalized spacial score (nSPS) is 10.2. The highest BCUT2D eigenvalue weighted by molar-refractivity contribution is 6.04. The first-order valence-corrected chi connectivity index (χ1v) is 5.70. The van der Waals surface area contributed by atoms with Crippen LogP contribution in [-0.2, 0) is 0 Å². The van der Waals surface area contributed by atoms with Gasteiger partial charge in [-0.15, -0.1) is 0 Å². The van der Waals surface area contributed by atoms with Crippen LogP contribution in [0, 0.1) is 19.7 Å². The standard InChI is InChI=1S/C15H14FNO/c1-10-6-11(2)8-12(7-10)15(18)17-14-5-3-4-13(16)9-14/h3-9H,1-2H3,(H,17,18). The van der Waals surface area contributed by atoms with Crippen LogP contribution >= 0.6 is 0 Å². The SMILES string of the molecule is Cc1cc(C)cc(C(=O)Nc2cccc(F)c2)c1. The number of halogens is 1. The van der Waals surface area contributed by atoms with Gasteiger partial charge >= 0.3 is 0 Å². The van der Waals surface area contributed by atoms with E-state index in [4.69, 9.17) is 0 Å². The molecule has 0 bridgehead atoms. The van der Waals surface area contributed by atoms with Crippen LogP contribution in [-0.4, -0.2) is 5.91 Å². The van der Waals surface area contributed by atoms with E-state index in [1.165, 1.54) is 12.1 Å². The fourth-order valence-electron chi connectivity index (χ4n) is 1.88. The summed E-state index contributed by atoms with van der Waals surface area (Å²) in [6, 6.07) is 11.5. The Labute approximate surface area is 105 Å². The van der Waals surface area contributed by atoms with E-state index < -0.39 is 0 Å². The summed E-state index contributed by atoms with van der Waals surface area (Å²) in [6.45, 7) is 3.87. The number of hydrogen-bond donors (Lipinski definition) is 1. The summed E-state index contributed by atoms with van der Waals surface area (Å²) in [5.41, 5.74) is 3.09. The van der Waals surface area contributed by atoms with Gasteiger partial charge in [-0.1, -0.05) is 23.3 Å². The number of hydrogen-bond acceptors (Lipinski definition) is 1. The van der Waals surface area contributed by atoms with Gasteiger partial charge in [-0.05, 0) is 44.2 Å². The Balaban J connectivity index is 2.22. The van der Waals surface area contributed by atoms with E-state index in [0.29, 0.717) is 11.3 Å². The van der Waals surface area contributed by atoms with Crippen molar-refractivity contribution in [1.82, 2.24) is 0 Å². The van der Waals surface area contributed by atoms with Crippen LogP contribution in [0.1, 0.15) is 21.5 Å². The first-order chi connectivity index (χ1) is 8.54. The molecule has 2 rings (SSSR count). The van der Waals surface area contributed by atoms with E-state index in [1.807, 2.05) is 32.0 Å². The molecule has 0 aliphatic heterocycles. The maximum Gasteiger partial charge on any atom is 0.255 e. The van der Waals surface area contributed by atoms with Crippen molar-refractivity contribution >= 4 is 11.6 Å². The second-order valence-corrected chi connectivity index (χ2v) is 4.34. The summed E-state index contributed by atoms with van der Waals surface area (Å²) in [5, 5.41) is 2.67. The van der Waals surface area contributed by atoms with Gasteiger partial charge in [0.1, 0.15) is 5.82 Å². The van der Waals surface area contributed by atoms with E-state index in [-0.39, 0.29) is 11.7 Å². The second-order valence-electron chi connectivity index (χ2n) is 4.34. The van der Waals surface area contributed by atoms with Crippen LogP contribution in [0.5, 0.6) is 0 Å². The van der Waals surface area contributed by atoms with Gasteiger partial charge in [0.2, 0.25) is 0 Å². The minimum absolute atomic E-state index is 0.229. The predicted molar refractivity (Wildman–Crippen MR) is 70.3 cm³/mol. The smallest absolute Gasteiger partial charge is 0.255 e. The molecule has 0 saturated heterocycles. The molecule has 0 aliphatic rings. The van der Waals surface area contributed by atoms with Crippen LogP contribution in [0.15, 0.2) is 42.5 Å². The second kappa shape index (κ2) is 5.00. The number of carbonyl (C=O) groups excluding carboxylic acids is 1. The van der Waals surface area contributed by atoms with Crippen molar-refractivity contribution in [2.75, 3.05) is 5.32 Å². The van der Waals surface area contributed by atoms with Crippen LogP contribution in [0.3, 0.4) is 0 Å². The molecule has 2 aromatic carbocycles. The number of amides is 1. The van der Waals surface area contributed by atoms with Crippen LogP contribution in [0.25, 0.3) is 0 Å². The lowest BCUT2D eigenvalue weighted by molar-refractivity contribution is 0.102. The zero-order chi connectivity index (χ0) is 13.1.